The number of ether oxygens (including phenoxy) is 1. The second-order valence-corrected chi connectivity index (χ2v) is 6.45. The molecule has 0 saturated heterocycles. The van der Waals surface area contributed by atoms with Crippen LogP contribution in [0.2, 0.25) is 5.02 Å². The lowest BCUT2D eigenvalue weighted by Crippen LogP contribution is -2.39. The molecule has 3 aromatic rings. The summed E-state index contributed by atoms with van der Waals surface area (Å²) in [6, 6.07) is 9.47. The van der Waals surface area contributed by atoms with Gasteiger partial charge in [0.15, 0.2) is 5.69 Å². The number of benzene rings is 2. The number of rotatable bonds is 5. The third kappa shape index (κ3) is 4.43. The maximum absolute atomic E-state index is 14.0. The minimum Gasteiger partial charge on any atom is -0.489 e. The topological polar surface area (TPSA) is 107 Å². The van der Waals surface area contributed by atoms with E-state index in [1.165, 1.54) is 4.98 Å². The van der Waals surface area contributed by atoms with Gasteiger partial charge in [0.1, 0.15) is 18.0 Å². The molecule has 8 nitrogen and oxygen atoms in total. The smallest absolute Gasteiger partial charge is 0.434 e. The number of aromatic nitrogens is 2. The highest BCUT2D eigenvalue weighted by molar-refractivity contribution is 6.31. The Balaban J connectivity index is 2.06. The molecule has 31 heavy (non-hydrogen) atoms. The first-order chi connectivity index (χ1) is 14.5. The number of hydrogen-bond acceptors (Lipinski definition) is 5. The van der Waals surface area contributed by atoms with Crippen molar-refractivity contribution in [2.75, 3.05) is 0 Å². The van der Waals surface area contributed by atoms with Crippen molar-refractivity contribution >= 4 is 17.3 Å². The van der Waals surface area contributed by atoms with E-state index in [0.717, 1.165) is 18.2 Å². The molecule has 0 atom stereocenters. The SMILES string of the molecule is O=c1[nH]c(C(F)(F)F)c(F)c(=O)n1-c1ccc(OCc2ccccc2Cl)cc1[N+](=O)[O-]. The Hall–Kier alpha value is -3.67. The minimum absolute atomic E-state index is 0.0627. The van der Waals surface area contributed by atoms with Crippen molar-refractivity contribution in [3.8, 4) is 11.4 Å². The summed E-state index contributed by atoms with van der Waals surface area (Å²) in [5, 5.41) is 11.8. The molecule has 0 bridgehead atoms. The summed E-state index contributed by atoms with van der Waals surface area (Å²) < 4.78 is 57.6. The average Bonchev–Trinajstić information content (AvgIpc) is 2.69. The normalized spacial score (nSPS) is 11.4. The van der Waals surface area contributed by atoms with Crippen molar-refractivity contribution in [1.82, 2.24) is 9.55 Å². The van der Waals surface area contributed by atoms with E-state index >= 15 is 0 Å². The van der Waals surface area contributed by atoms with Crippen LogP contribution in [-0.4, -0.2) is 14.5 Å². The fourth-order valence-electron chi connectivity index (χ4n) is 2.63. The van der Waals surface area contributed by atoms with E-state index in [4.69, 9.17) is 16.3 Å². The van der Waals surface area contributed by atoms with Crippen LogP contribution in [-0.2, 0) is 12.8 Å². The van der Waals surface area contributed by atoms with E-state index in [1.807, 2.05) is 0 Å². The minimum atomic E-state index is -5.34. The van der Waals surface area contributed by atoms with Crippen molar-refractivity contribution in [3.05, 3.63) is 95.5 Å². The third-order valence-corrected chi connectivity index (χ3v) is 4.43. The summed E-state index contributed by atoms with van der Waals surface area (Å²) in [7, 11) is 0. The second-order valence-electron chi connectivity index (χ2n) is 6.05. The molecule has 0 spiro atoms. The van der Waals surface area contributed by atoms with Gasteiger partial charge in [-0.3, -0.25) is 14.9 Å². The molecule has 1 heterocycles. The number of nitro groups is 1. The van der Waals surface area contributed by atoms with E-state index in [-0.39, 0.29) is 16.9 Å². The number of nitrogens with zero attached hydrogens (tertiary/aromatic N) is 2. The molecule has 13 heteroatoms. The highest BCUT2D eigenvalue weighted by Crippen LogP contribution is 2.30. The van der Waals surface area contributed by atoms with Crippen LogP contribution < -0.4 is 16.0 Å². The van der Waals surface area contributed by atoms with Gasteiger partial charge in [-0.15, -0.1) is 0 Å². The Bertz CT molecular complexity index is 1290. The lowest BCUT2D eigenvalue weighted by Gasteiger charge is -2.12. The van der Waals surface area contributed by atoms with Gasteiger partial charge in [-0.1, -0.05) is 29.8 Å². The van der Waals surface area contributed by atoms with Gasteiger partial charge in [0.05, 0.1) is 11.0 Å². The summed E-state index contributed by atoms with van der Waals surface area (Å²) in [5.41, 5.74) is -6.93. The van der Waals surface area contributed by atoms with E-state index in [9.17, 15) is 37.3 Å². The van der Waals surface area contributed by atoms with Crippen molar-refractivity contribution in [2.24, 2.45) is 0 Å². The lowest BCUT2D eigenvalue weighted by atomic mass is 10.2. The lowest BCUT2D eigenvalue weighted by molar-refractivity contribution is -0.384. The molecule has 1 N–H and O–H groups in total. The van der Waals surface area contributed by atoms with E-state index < -0.39 is 45.2 Å². The fourth-order valence-corrected chi connectivity index (χ4v) is 2.82. The fraction of sp³-hybridized carbons (Fsp3) is 0.111. The summed E-state index contributed by atoms with van der Waals surface area (Å²) in [6.45, 7) is -0.0778. The highest BCUT2D eigenvalue weighted by atomic mass is 35.5. The Labute approximate surface area is 174 Å². The van der Waals surface area contributed by atoms with E-state index in [2.05, 4.69) is 0 Å². The molecular weight excluding hydrogens is 450 g/mol. The maximum Gasteiger partial charge on any atom is 0.434 e. The van der Waals surface area contributed by atoms with Gasteiger partial charge >= 0.3 is 11.9 Å². The molecular formula is C18H10ClF4N3O5. The van der Waals surface area contributed by atoms with Crippen molar-refractivity contribution < 1.29 is 27.2 Å². The summed E-state index contributed by atoms with van der Waals surface area (Å²) in [6.07, 6.45) is -5.34. The average molecular weight is 460 g/mol. The van der Waals surface area contributed by atoms with Crippen LogP contribution in [0.1, 0.15) is 11.3 Å². The molecule has 0 fully saturated rings. The Morgan fingerprint density at radius 3 is 2.45 bits per heavy atom. The van der Waals surface area contributed by atoms with Gasteiger partial charge in [-0.25, -0.2) is 9.36 Å². The van der Waals surface area contributed by atoms with Crippen LogP contribution in [0.15, 0.2) is 52.1 Å². The van der Waals surface area contributed by atoms with Crippen LogP contribution in [0.3, 0.4) is 0 Å². The number of hydrogen-bond donors (Lipinski definition) is 1. The van der Waals surface area contributed by atoms with Crippen molar-refractivity contribution in [1.29, 1.82) is 0 Å². The number of halogens is 5. The number of alkyl halides is 3. The number of aromatic amines is 1. The molecule has 0 saturated carbocycles. The first kappa shape index (κ1) is 22.0. The van der Waals surface area contributed by atoms with Crippen LogP contribution >= 0.6 is 11.6 Å². The number of nitro benzene ring substituents is 1. The van der Waals surface area contributed by atoms with Gasteiger partial charge in [0.2, 0.25) is 5.82 Å². The largest absolute Gasteiger partial charge is 0.489 e. The second kappa shape index (κ2) is 8.22. The molecule has 0 radical (unpaired) electrons. The molecule has 162 valence electrons. The monoisotopic (exact) mass is 459 g/mol. The third-order valence-electron chi connectivity index (χ3n) is 4.07. The number of nitrogens with one attached hydrogen (secondary N) is 1. The Morgan fingerprint density at radius 1 is 1.16 bits per heavy atom. The molecule has 0 unspecified atom stereocenters. The first-order valence-corrected chi connectivity index (χ1v) is 8.65. The summed E-state index contributed by atoms with van der Waals surface area (Å²) in [4.78, 5) is 35.7. The molecule has 1 aromatic heterocycles. The van der Waals surface area contributed by atoms with Crippen LogP contribution in [0.4, 0.5) is 23.2 Å². The van der Waals surface area contributed by atoms with Gasteiger partial charge in [-0.05, 0) is 18.2 Å². The Morgan fingerprint density at radius 2 is 1.84 bits per heavy atom. The quantitative estimate of drug-likeness (QED) is 0.354. The molecule has 3 rings (SSSR count). The highest BCUT2D eigenvalue weighted by Gasteiger charge is 2.38. The Kier molecular flexibility index (Phi) is 5.84. The zero-order valence-corrected chi connectivity index (χ0v) is 15.8. The zero-order valence-electron chi connectivity index (χ0n) is 15.1. The van der Waals surface area contributed by atoms with Crippen molar-refractivity contribution in [2.45, 2.75) is 12.8 Å². The first-order valence-electron chi connectivity index (χ1n) is 8.27. The number of H-pyrrole nitrogens is 1. The van der Waals surface area contributed by atoms with Crippen molar-refractivity contribution in [3.63, 3.8) is 0 Å². The summed E-state index contributed by atoms with van der Waals surface area (Å²) >= 11 is 5.99. The molecule has 0 aliphatic rings. The zero-order chi connectivity index (χ0) is 22.9. The molecule has 0 amide bonds. The standard InChI is InChI=1S/C18H10ClF4N3O5/c19-11-4-2-1-3-9(11)8-31-10-5-6-12(13(7-10)26(29)30)25-16(27)14(20)15(18(21,22)23)24-17(25)28/h1-7H,8H2,(H,24,28). The van der Waals surface area contributed by atoms with E-state index in [0.29, 0.717) is 10.6 Å². The predicted molar refractivity (Wildman–Crippen MR) is 100 cm³/mol. The van der Waals surface area contributed by atoms with Gasteiger partial charge in [0.25, 0.3) is 11.2 Å². The maximum atomic E-state index is 14.0. The van der Waals surface area contributed by atoms with Gasteiger partial charge in [0, 0.05) is 10.6 Å². The van der Waals surface area contributed by atoms with Crippen LogP contribution in [0, 0.1) is 15.9 Å². The molecule has 0 aliphatic heterocycles. The predicted octanol–water partition coefficient (Wildman–Crippen LogP) is 3.82. The van der Waals surface area contributed by atoms with Gasteiger partial charge in [-0.2, -0.15) is 17.6 Å². The van der Waals surface area contributed by atoms with Crippen LogP contribution in [0.5, 0.6) is 5.75 Å². The van der Waals surface area contributed by atoms with Crippen LogP contribution in [0.25, 0.3) is 5.69 Å². The molecule has 0 aliphatic carbocycles. The molecule has 2 aromatic carbocycles. The van der Waals surface area contributed by atoms with E-state index in [1.54, 1.807) is 24.3 Å². The summed E-state index contributed by atoms with van der Waals surface area (Å²) in [5.74, 6) is -2.37. The van der Waals surface area contributed by atoms with Gasteiger partial charge < -0.3 is 9.72 Å².